The van der Waals surface area contributed by atoms with Crippen molar-refractivity contribution in [3.63, 3.8) is 0 Å². The topological polar surface area (TPSA) is 135 Å². The van der Waals surface area contributed by atoms with Crippen molar-refractivity contribution in [1.82, 2.24) is 4.90 Å². The van der Waals surface area contributed by atoms with Crippen LogP contribution in [0.15, 0.2) is 140 Å². The molecule has 0 spiro atoms. The molecule has 0 radical (unpaired) electrons. The number of carbonyl (C=O) groups is 5. The van der Waals surface area contributed by atoms with Gasteiger partial charge in [-0.2, -0.15) is 0 Å². The van der Waals surface area contributed by atoms with Gasteiger partial charge in [0.15, 0.2) is 18.5 Å². The Balaban J connectivity index is 1.24. The Bertz CT molecular complexity index is 2470. The quantitative estimate of drug-likeness (QED) is 0.0485. The van der Waals surface area contributed by atoms with E-state index in [9.17, 15) is 24.0 Å². The molecule has 0 N–H and O–H groups in total. The molecule has 6 atom stereocenters. The zero-order valence-electron chi connectivity index (χ0n) is 33.1. The lowest BCUT2D eigenvalue weighted by Gasteiger charge is -2.47. The fraction of sp³-hybridized carbons (Fsp3) is 0.245. The Morgan fingerprint density at radius 1 is 0.617 bits per heavy atom. The first-order valence-electron chi connectivity index (χ1n) is 20.1. The maximum atomic E-state index is 14.8. The van der Waals surface area contributed by atoms with Crippen molar-refractivity contribution in [2.75, 3.05) is 13.2 Å². The van der Waals surface area contributed by atoms with Crippen LogP contribution in [0.5, 0.6) is 0 Å². The van der Waals surface area contributed by atoms with Gasteiger partial charge in [-0.15, -0.1) is 0 Å². The van der Waals surface area contributed by atoms with Crippen molar-refractivity contribution in [2.45, 2.75) is 57.3 Å². The van der Waals surface area contributed by atoms with Gasteiger partial charge in [0, 0.05) is 0 Å². The summed E-state index contributed by atoms with van der Waals surface area (Å²) in [6.45, 7) is 3.79. The second kappa shape index (κ2) is 17.7. The predicted octanol–water partition coefficient (Wildman–Crippen LogP) is 8.44. The van der Waals surface area contributed by atoms with Crippen LogP contribution in [-0.2, 0) is 23.7 Å². The fourth-order valence-electron chi connectivity index (χ4n) is 7.62. The van der Waals surface area contributed by atoms with E-state index in [-0.39, 0.29) is 40.3 Å². The van der Waals surface area contributed by atoms with Gasteiger partial charge in [0.25, 0.3) is 11.8 Å². The molecular formula is C49H43NO10. The minimum atomic E-state index is -1.58. The van der Waals surface area contributed by atoms with Crippen LogP contribution in [-0.4, -0.2) is 78.5 Å². The Hall–Kier alpha value is -6.69. The first-order valence-corrected chi connectivity index (χ1v) is 20.1. The van der Waals surface area contributed by atoms with Gasteiger partial charge in [-0.1, -0.05) is 99.1 Å². The number of rotatable bonds is 13. The van der Waals surface area contributed by atoms with Crippen molar-refractivity contribution in [1.29, 1.82) is 0 Å². The van der Waals surface area contributed by atoms with Crippen LogP contribution in [0.2, 0.25) is 0 Å². The van der Waals surface area contributed by atoms with Crippen LogP contribution < -0.4 is 0 Å². The summed E-state index contributed by atoms with van der Waals surface area (Å²) in [5.41, 5.74) is 0.896. The summed E-state index contributed by atoms with van der Waals surface area (Å²) in [6, 6.07) is 38.3. The van der Waals surface area contributed by atoms with Crippen LogP contribution in [0, 0.1) is 5.92 Å². The molecule has 2 amide bonds. The van der Waals surface area contributed by atoms with Crippen molar-refractivity contribution in [2.24, 2.45) is 5.92 Å². The van der Waals surface area contributed by atoms with Crippen LogP contribution in [0.3, 0.4) is 0 Å². The van der Waals surface area contributed by atoms with Gasteiger partial charge in [0.2, 0.25) is 0 Å². The second-order valence-corrected chi connectivity index (χ2v) is 15.1. The van der Waals surface area contributed by atoms with Gasteiger partial charge in [-0.05, 0) is 94.5 Å². The maximum Gasteiger partial charge on any atom is 0.338 e. The molecule has 8 rings (SSSR count). The molecule has 0 aliphatic carbocycles. The number of fused-ring (bicyclic) bond motifs is 3. The van der Waals surface area contributed by atoms with E-state index >= 15 is 0 Å². The molecule has 60 heavy (non-hydrogen) atoms. The highest BCUT2D eigenvalue weighted by Crippen LogP contribution is 2.38. The predicted molar refractivity (Wildman–Crippen MR) is 222 cm³/mol. The van der Waals surface area contributed by atoms with E-state index in [2.05, 4.69) is 13.8 Å². The lowest BCUT2D eigenvalue weighted by Crippen LogP contribution is -2.67. The van der Waals surface area contributed by atoms with Crippen LogP contribution in [0.25, 0.3) is 21.5 Å². The number of benzene rings is 6. The number of carbonyl (C=O) groups excluding carboxylic acids is 5. The Kier molecular flexibility index (Phi) is 11.8. The van der Waals surface area contributed by atoms with E-state index in [1.165, 1.54) is 0 Å². The molecule has 2 aliphatic heterocycles. The smallest absolute Gasteiger partial charge is 0.338 e. The maximum absolute atomic E-state index is 14.8. The number of imide groups is 1. The third-order valence-corrected chi connectivity index (χ3v) is 11.1. The highest BCUT2D eigenvalue weighted by molar-refractivity contribution is 6.23. The molecule has 11 nitrogen and oxygen atoms in total. The molecule has 6 aromatic carbocycles. The van der Waals surface area contributed by atoms with E-state index in [1.807, 2.05) is 36.4 Å². The van der Waals surface area contributed by atoms with Crippen molar-refractivity contribution >= 4 is 51.3 Å². The summed E-state index contributed by atoms with van der Waals surface area (Å²) in [5, 5.41) is 3.42. The molecule has 2 aliphatic rings. The Morgan fingerprint density at radius 3 is 1.58 bits per heavy atom. The van der Waals surface area contributed by atoms with Gasteiger partial charge < -0.3 is 23.7 Å². The Labute approximate surface area is 346 Å². The number of amides is 2. The molecule has 0 saturated carbocycles. The average molecular weight is 806 g/mol. The summed E-state index contributed by atoms with van der Waals surface area (Å²) < 4.78 is 31.3. The van der Waals surface area contributed by atoms with Crippen LogP contribution in [0.4, 0.5) is 0 Å². The molecule has 1 unspecified atom stereocenters. The molecule has 2 heterocycles. The number of hydrogen-bond acceptors (Lipinski definition) is 10. The average Bonchev–Trinajstić information content (AvgIpc) is 3.52. The zero-order chi connectivity index (χ0) is 41.8. The van der Waals surface area contributed by atoms with Gasteiger partial charge in [-0.25, -0.2) is 14.4 Å². The van der Waals surface area contributed by atoms with E-state index in [4.69, 9.17) is 23.7 Å². The summed E-state index contributed by atoms with van der Waals surface area (Å²) in [6.07, 6.45) is -4.36. The standard InChI is InChI=1S/C49H43NO10/c1-3-30(2)23-24-56-49-41(50-44(51)38-27-36-25-34-21-13-14-22-35(34)26-37(36)28-39(38)45(50)52)43(60-48(55)33-19-11-6-12-20-33)42(59-47(54)32-17-9-5-10-18-32)40(58-49)29-57-46(53)31-15-7-4-8-16-31/h4-22,25-28,30,40-43,49H,3,23-24,29H2,1-2H3/t30?,40-,41-,42-,43-,49-/m1/s1. The van der Waals surface area contributed by atoms with E-state index in [0.29, 0.717) is 6.42 Å². The van der Waals surface area contributed by atoms with Crippen LogP contribution in [0.1, 0.15) is 78.5 Å². The Morgan fingerprint density at radius 2 is 1.08 bits per heavy atom. The molecule has 1 saturated heterocycles. The lowest BCUT2D eigenvalue weighted by molar-refractivity contribution is -0.278. The molecule has 6 aromatic rings. The normalized spacial score (nSPS) is 20.4. The van der Waals surface area contributed by atoms with Gasteiger partial charge >= 0.3 is 17.9 Å². The summed E-state index contributed by atoms with van der Waals surface area (Å²) in [4.78, 5) is 71.9. The van der Waals surface area contributed by atoms with E-state index in [0.717, 1.165) is 32.9 Å². The van der Waals surface area contributed by atoms with Crippen molar-refractivity contribution < 1.29 is 47.7 Å². The van der Waals surface area contributed by atoms with Crippen molar-refractivity contribution in [3.05, 3.63) is 167 Å². The van der Waals surface area contributed by atoms with Crippen molar-refractivity contribution in [3.8, 4) is 0 Å². The number of hydrogen-bond donors (Lipinski definition) is 0. The molecule has 0 aromatic heterocycles. The van der Waals surface area contributed by atoms with E-state index in [1.54, 1.807) is 103 Å². The van der Waals surface area contributed by atoms with Gasteiger partial charge in [0.05, 0.1) is 34.4 Å². The minimum absolute atomic E-state index is 0.139. The largest absolute Gasteiger partial charge is 0.459 e. The second-order valence-electron chi connectivity index (χ2n) is 15.1. The molecular weight excluding hydrogens is 763 g/mol. The van der Waals surface area contributed by atoms with Gasteiger partial charge in [0.1, 0.15) is 18.8 Å². The summed E-state index contributed by atoms with van der Waals surface area (Å²) in [7, 11) is 0. The van der Waals surface area contributed by atoms with Crippen LogP contribution >= 0.6 is 0 Å². The minimum Gasteiger partial charge on any atom is -0.459 e. The third kappa shape index (κ3) is 8.27. The lowest BCUT2D eigenvalue weighted by atomic mass is 9.94. The SMILES string of the molecule is CCC(C)CCO[C@@H]1O[C@H](COC(=O)c2ccccc2)[C@@H](OC(=O)c2ccccc2)[C@H](OC(=O)c2ccccc2)[C@H]1N1C(=O)c2cc3cc4ccccc4cc3cc2C1=O. The highest BCUT2D eigenvalue weighted by atomic mass is 16.7. The zero-order valence-corrected chi connectivity index (χ0v) is 33.1. The molecule has 0 bridgehead atoms. The first-order chi connectivity index (χ1) is 29.2. The number of nitrogens with zero attached hydrogens (tertiary/aromatic N) is 1. The molecule has 304 valence electrons. The van der Waals surface area contributed by atoms with E-state index < -0.39 is 67.0 Å². The van der Waals surface area contributed by atoms with Gasteiger partial charge in [-0.3, -0.25) is 14.5 Å². The molecule has 1 fully saturated rings. The molecule has 11 heteroatoms. The first kappa shape index (κ1) is 40.1. The summed E-state index contributed by atoms with van der Waals surface area (Å²) >= 11 is 0. The summed E-state index contributed by atoms with van der Waals surface area (Å²) in [5.74, 6) is -3.39. The fourth-order valence-corrected chi connectivity index (χ4v) is 7.62. The highest BCUT2D eigenvalue weighted by Gasteiger charge is 2.58. The number of ether oxygens (including phenoxy) is 5. The monoisotopic (exact) mass is 805 g/mol. The third-order valence-electron chi connectivity index (χ3n) is 11.1. The number of esters is 3.